The van der Waals surface area contributed by atoms with Crippen LogP contribution in [0.1, 0.15) is 38.7 Å². The molecular weight excluding hydrogens is 268 g/mol. The Morgan fingerprint density at radius 1 is 1.45 bits per heavy atom. The van der Waals surface area contributed by atoms with E-state index in [0.717, 1.165) is 29.3 Å². The zero-order valence-corrected chi connectivity index (χ0v) is 13.6. The summed E-state index contributed by atoms with van der Waals surface area (Å²) in [5, 5.41) is 2.93. The summed E-state index contributed by atoms with van der Waals surface area (Å²) in [6, 6.07) is 5.59. The topological polar surface area (TPSA) is 55.1 Å². The van der Waals surface area contributed by atoms with Crippen LogP contribution >= 0.6 is 11.8 Å². The fraction of sp³-hybridized carbons (Fsp3) is 0.562. The van der Waals surface area contributed by atoms with E-state index in [1.165, 1.54) is 12.2 Å². The Hall–Kier alpha value is -1.16. The lowest BCUT2D eigenvalue weighted by atomic mass is 10.1. The molecule has 3 N–H and O–H groups in total. The van der Waals surface area contributed by atoms with Crippen molar-refractivity contribution in [2.45, 2.75) is 40.0 Å². The van der Waals surface area contributed by atoms with Gasteiger partial charge in [-0.25, -0.2) is 0 Å². The van der Waals surface area contributed by atoms with Gasteiger partial charge in [0.15, 0.2) is 0 Å². The van der Waals surface area contributed by atoms with Crippen molar-refractivity contribution >= 4 is 29.0 Å². The largest absolute Gasteiger partial charge is 0.398 e. The van der Waals surface area contributed by atoms with Crippen molar-refractivity contribution in [1.82, 2.24) is 0 Å². The molecule has 0 heterocycles. The summed E-state index contributed by atoms with van der Waals surface area (Å²) >= 11 is 1.94. The molecule has 0 aromatic heterocycles. The molecule has 0 fully saturated rings. The number of thioether (sulfide) groups is 1. The average Bonchev–Trinajstić information content (AvgIpc) is 2.43. The number of hydrogen-bond acceptors (Lipinski definition) is 3. The van der Waals surface area contributed by atoms with Gasteiger partial charge in [0.25, 0.3) is 0 Å². The minimum Gasteiger partial charge on any atom is -0.398 e. The minimum atomic E-state index is 0.0721. The molecule has 1 unspecified atom stereocenters. The summed E-state index contributed by atoms with van der Waals surface area (Å²) in [5.74, 6) is 3.08. The third-order valence-corrected chi connectivity index (χ3v) is 4.82. The van der Waals surface area contributed by atoms with Crippen LogP contribution in [0.2, 0.25) is 0 Å². The number of amides is 1. The highest BCUT2D eigenvalue weighted by Crippen LogP contribution is 2.20. The predicted molar refractivity (Wildman–Crippen MR) is 90.2 cm³/mol. The smallest absolute Gasteiger partial charge is 0.224 e. The molecule has 1 aromatic rings. The van der Waals surface area contributed by atoms with Crippen molar-refractivity contribution < 1.29 is 4.79 Å². The first-order chi connectivity index (χ1) is 9.54. The van der Waals surface area contributed by atoms with E-state index < -0.39 is 0 Å². The van der Waals surface area contributed by atoms with Gasteiger partial charge in [0.05, 0.1) is 0 Å². The molecule has 1 rings (SSSR count). The molecule has 0 saturated heterocycles. The lowest BCUT2D eigenvalue weighted by Gasteiger charge is -2.10. The van der Waals surface area contributed by atoms with Gasteiger partial charge in [0.1, 0.15) is 0 Å². The van der Waals surface area contributed by atoms with Gasteiger partial charge in [-0.1, -0.05) is 26.3 Å². The third kappa shape index (κ3) is 5.87. The summed E-state index contributed by atoms with van der Waals surface area (Å²) in [7, 11) is 0. The normalized spacial score (nSPS) is 12.2. The first-order valence-corrected chi connectivity index (χ1v) is 8.42. The molecule has 112 valence electrons. The molecule has 1 aromatic carbocycles. The summed E-state index contributed by atoms with van der Waals surface area (Å²) in [6.07, 6.45) is 2.72. The van der Waals surface area contributed by atoms with Gasteiger partial charge in [-0.05, 0) is 48.5 Å². The molecule has 0 aliphatic rings. The van der Waals surface area contributed by atoms with E-state index in [0.29, 0.717) is 12.1 Å². The van der Waals surface area contributed by atoms with Gasteiger partial charge in [-0.15, -0.1) is 0 Å². The van der Waals surface area contributed by atoms with Crippen LogP contribution in [0.4, 0.5) is 11.4 Å². The van der Waals surface area contributed by atoms with Crippen molar-refractivity contribution in [3.05, 3.63) is 23.8 Å². The molecule has 0 aliphatic carbocycles. The zero-order chi connectivity index (χ0) is 15.0. The molecule has 4 heteroatoms. The highest BCUT2D eigenvalue weighted by Gasteiger charge is 2.06. The van der Waals surface area contributed by atoms with Crippen LogP contribution in [0.3, 0.4) is 0 Å². The molecule has 1 amide bonds. The molecule has 0 spiro atoms. The molecule has 20 heavy (non-hydrogen) atoms. The number of nitrogens with two attached hydrogens (primary N) is 1. The summed E-state index contributed by atoms with van der Waals surface area (Å²) in [5.41, 5.74) is 8.30. The van der Waals surface area contributed by atoms with Crippen LogP contribution < -0.4 is 11.1 Å². The van der Waals surface area contributed by atoms with Crippen molar-refractivity contribution in [3.63, 3.8) is 0 Å². The van der Waals surface area contributed by atoms with Crippen molar-refractivity contribution in [2.24, 2.45) is 5.92 Å². The van der Waals surface area contributed by atoms with E-state index in [9.17, 15) is 4.79 Å². The number of nitrogen functional groups attached to an aromatic ring is 1. The van der Waals surface area contributed by atoms with Crippen molar-refractivity contribution in [1.29, 1.82) is 0 Å². The number of nitrogens with one attached hydrogen (secondary N) is 1. The van der Waals surface area contributed by atoms with Crippen molar-refractivity contribution in [2.75, 3.05) is 22.6 Å². The molecule has 0 saturated carbocycles. The molecule has 1 atom stereocenters. The van der Waals surface area contributed by atoms with E-state index in [-0.39, 0.29) is 5.91 Å². The fourth-order valence-corrected chi connectivity index (χ4v) is 2.89. The summed E-state index contributed by atoms with van der Waals surface area (Å²) < 4.78 is 0. The van der Waals surface area contributed by atoms with Crippen LogP contribution in [0, 0.1) is 12.8 Å². The lowest BCUT2D eigenvalue weighted by molar-refractivity contribution is -0.116. The first kappa shape index (κ1) is 16.9. The maximum Gasteiger partial charge on any atom is 0.224 e. The standard InChI is InChI=1S/C16H26N2OS/c1-4-12(2)11-20-10-6-9-16(19)18-15-8-5-7-14(17)13(15)3/h5,7-8,12H,4,6,9-11,17H2,1-3H3,(H,18,19). The Balaban J connectivity index is 2.25. The number of carbonyl (C=O) groups excluding carboxylic acids is 1. The second-order valence-electron chi connectivity index (χ2n) is 5.26. The van der Waals surface area contributed by atoms with Crippen LogP contribution in [-0.2, 0) is 4.79 Å². The molecule has 0 bridgehead atoms. The quantitative estimate of drug-likeness (QED) is 0.561. The summed E-state index contributed by atoms with van der Waals surface area (Å²) in [4.78, 5) is 11.9. The summed E-state index contributed by atoms with van der Waals surface area (Å²) in [6.45, 7) is 6.40. The van der Waals surface area contributed by atoms with Crippen LogP contribution in [0.15, 0.2) is 18.2 Å². The van der Waals surface area contributed by atoms with Gasteiger partial charge in [-0.2, -0.15) is 11.8 Å². The Bertz CT molecular complexity index is 434. The Kier molecular flexibility index (Phi) is 7.52. The average molecular weight is 294 g/mol. The zero-order valence-electron chi connectivity index (χ0n) is 12.7. The van der Waals surface area contributed by atoms with Gasteiger partial charge < -0.3 is 11.1 Å². The second-order valence-corrected chi connectivity index (χ2v) is 6.41. The highest BCUT2D eigenvalue weighted by molar-refractivity contribution is 7.99. The number of carbonyl (C=O) groups is 1. The molecule has 0 aliphatic heterocycles. The minimum absolute atomic E-state index is 0.0721. The molecule has 0 radical (unpaired) electrons. The van der Waals surface area contributed by atoms with E-state index in [2.05, 4.69) is 19.2 Å². The molecular formula is C16H26N2OS. The van der Waals surface area contributed by atoms with Crippen molar-refractivity contribution in [3.8, 4) is 0 Å². The number of benzene rings is 1. The van der Waals surface area contributed by atoms with E-state index in [1.54, 1.807) is 0 Å². The van der Waals surface area contributed by atoms with Gasteiger partial charge >= 0.3 is 0 Å². The van der Waals surface area contributed by atoms with E-state index >= 15 is 0 Å². The van der Waals surface area contributed by atoms with E-state index in [4.69, 9.17) is 5.73 Å². The first-order valence-electron chi connectivity index (χ1n) is 7.27. The Morgan fingerprint density at radius 3 is 2.90 bits per heavy atom. The Labute approximate surface area is 126 Å². The number of rotatable bonds is 8. The number of anilines is 2. The van der Waals surface area contributed by atoms with Gasteiger partial charge in [0, 0.05) is 17.8 Å². The van der Waals surface area contributed by atoms with E-state index in [1.807, 2.05) is 36.9 Å². The second kappa shape index (κ2) is 8.90. The van der Waals surface area contributed by atoms with Crippen LogP contribution in [-0.4, -0.2) is 17.4 Å². The SMILES string of the molecule is CCC(C)CSCCCC(=O)Nc1cccc(N)c1C. The maximum absolute atomic E-state index is 11.9. The van der Waals surface area contributed by atoms with Gasteiger partial charge in [-0.3, -0.25) is 4.79 Å². The Morgan fingerprint density at radius 2 is 2.20 bits per heavy atom. The van der Waals surface area contributed by atoms with Crippen LogP contribution in [0.25, 0.3) is 0 Å². The van der Waals surface area contributed by atoms with Gasteiger partial charge in [0.2, 0.25) is 5.91 Å². The third-order valence-electron chi connectivity index (χ3n) is 3.44. The maximum atomic E-state index is 11.9. The van der Waals surface area contributed by atoms with Crippen LogP contribution in [0.5, 0.6) is 0 Å². The lowest BCUT2D eigenvalue weighted by Crippen LogP contribution is -2.13. The fourth-order valence-electron chi connectivity index (χ4n) is 1.74. The predicted octanol–water partition coefficient (Wildman–Crippen LogP) is 4.08. The molecule has 3 nitrogen and oxygen atoms in total. The highest BCUT2D eigenvalue weighted by atomic mass is 32.2. The monoisotopic (exact) mass is 294 g/mol. The number of hydrogen-bond donors (Lipinski definition) is 2.